The van der Waals surface area contributed by atoms with Gasteiger partial charge in [0.25, 0.3) is 0 Å². The lowest BCUT2D eigenvalue weighted by Crippen LogP contribution is -2.41. The van der Waals surface area contributed by atoms with Crippen molar-refractivity contribution >= 4 is 11.8 Å². The molecule has 2 amide bonds. The topological polar surface area (TPSA) is 88.9 Å². The molecule has 1 aliphatic rings. The van der Waals surface area contributed by atoms with Crippen LogP contribution in [0.15, 0.2) is 6.33 Å². The molecule has 2 heterocycles. The van der Waals surface area contributed by atoms with Crippen LogP contribution in [0.4, 0.5) is 0 Å². The fraction of sp³-hybridized carbons (Fsp3) is 0.600. The van der Waals surface area contributed by atoms with Gasteiger partial charge in [0.05, 0.1) is 6.54 Å². The minimum atomic E-state index is -0.402. The number of aromatic nitrogens is 3. The van der Waals surface area contributed by atoms with E-state index in [2.05, 4.69) is 20.8 Å². The van der Waals surface area contributed by atoms with Crippen molar-refractivity contribution in [1.29, 1.82) is 0 Å². The molecule has 1 fully saturated rings. The number of rotatable bonds is 4. The third kappa shape index (κ3) is 2.61. The standard InChI is InChI=1S/C10H15N5O2/c1-2-15-6-12-14-8(15)5-11-10(17)7-3-4-9(16)13-7/h6-7H,2-5H2,1H3,(H,11,17)(H,13,16)/t7-/m0/s1. The lowest BCUT2D eigenvalue weighted by atomic mass is 10.2. The van der Waals surface area contributed by atoms with E-state index in [9.17, 15) is 9.59 Å². The van der Waals surface area contributed by atoms with Gasteiger partial charge in [-0.2, -0.15) is 0 Å². The van der Waals surface area contributed by atoms with Crippen molar-refractivity contribution in [3.05, 3.63) is 12.2 Å². The van der Waals surface area contributed by atoms with E-state index in [1.165, 1.54) is 0 Å². The van der Waals surface area contributed by atoms with Crippen LogP contribution in [0.3, 0.4) is 0 Å². The fourth-order valence-electron chi connectivity index (χ4n) is 1.78. The molecule has 17 heavy (non-hydrogen) atoms. The van der Waals surface area contributed by atoms with Crippen LogP contribution in [0.1, 0.15) is 25.6 Å². The Balaban J connectivity index is 1.86. The first-order chi connectivity index (χ1) is 8.20. The predicted molar refractivity (Wildman–Crippen MR) is 58.7 cm³/mol. The molecule has 92 valence electrons. The van der Waals surface area contributed by atoms with Crippen LogP contribution < -0.4 is 10.6 Å². The molecule has 1 aromatic rings. The third-order valence-corrected chi connectivity index (χ3v) is 2.77. The second-order valence-electron chi connectivity index (χ2n) is 3.91. The molecular formula is C10H15N5O2. The van der Waals surface area contributed by atoms with Gasteiger partial charge in [-0.15, -0.1) is 10.2 Å². The van der Waals surface area contributed by atoms with Crippen molar-refractivity contribution in [2.75, 3.05) is 0 Å². The van der Waals surface area contributed by atoms with Crippen LogP contribution in [-0.4, -0.2) is 32.6 Å². The summed E-state index contributed by atoms with van der Waals surface area (Å²) in [7, 11) is 0. The zero-order chi connectivity index (χ0) is 12.3. The van der Waals surface area contributed by atoms with E-state index in [0.29, 0.717) is 25.2 Å². The van der Waals surface area contributed by atoms with Crippen molar-refractivity contribution in [1.82, 2.24) is 25.4 Å². The summed E-state index contributed by atoms with van der Waals surface area (Å²) in [6.45, 7) is 3.07. The molecule has 7 nitrogen and oxygen atoms in total. The van der Waals surface area contributed by atoms with Gasteiger partial charge in [-0.3, -0.25) is 9.59 Å². The second kappa shape index (κ2) is 4.94. The molecule has 0 saturated carbocycles. The molecule has 2 rings (SSSR count). The Morgan fingerprint density at radius 1 is 1.71 bits per heavy atom. The van der Waals surface area contributed by atoms with E-state index in [-0.39, 0.29) is 11.8 Å². The number of nitrogens with zero attached hydrogens (tertiary/aromatic N) is 3. The van der Waals surface area contributed by atoms with Crippen LogP contribution in [0.25, 0.3) is 0 Å². The van der Waals surface area contributed by atoms with Crippen LogP contribution in [0, 0.1) is 0 Å². The van der Waals surface area contributed by atoms with Crippen LogP contribution in [-0.2, 0) is 22.7 Å². The largest absolute Gasteiger partial charge is 0.347 e. The molecule has 0 aliphatic carbocycles. The Hall–Kier alpha value is -1.92. The lowest BCUT2D eigenvalue weighted by molar-refractivity contribution is -0.125. The van der Waals surface area contributed by atoms with Crippen LogP contribution >= 0.6 is 0 Å². The van der Waals surface area contributed by atoms with Gasteiger partial charge in [0, 0.05) is 13.0 Å². The van der Waals surface area contributed by atoms with Gasteiger partial charge in [0.15, 0.2) is 5.82 Å². The Morgan fingerprint density at radius 3 is 3.18 bits per heavy atom. The first-order valence-corrected chi connectivity index (χ1v) is 5.64. The van der Waals surface area contributed by atoms with Crippen molar-refractivity contribution in [3.63, 3.8) is 0 Å². The molecule has 0 radical (unpaired) electrons. The highest BCUT2D eigenvalue weighted by molar-refractivity contribution is 5.90. The lowest BCUT2D eigenvalue weighted by Gasteiger charge is -2.10. The third-order valence-electron chi connectivity index (χ3n) is 2.77. The SMILES string of the molecule is CCn1cnnc1CNC(=O)[C@@H]1CCC(=O)N1. The highest BCUT2D eigenvalue weighted by atomic mass is 16.2. The highest BCUT2D eigenvalue weighted by Gasteiger charge is 2.26. The van der Waals surface area contributed by atoms with Gasteiger partial charge in [-0.05, 0) is 13.3 Å². The monoisotopic (exact) mass is 237 g/mol. The van der Waals surface area contributed by atoms with Gasteiger partial charge in [0.2, 0.25) is 11.8 Å². The highest BCUT2D eigenvalue weighted by Crippen LogP contribution is 2.06. The Labute approximate surface area is 98.6 Å². The van der Waals surface area contributed by atoms with Gasteiger partial charge in [-0.25, -0.2) is 0 Å². The predicted octanol–water partition coefficient (Wildman–Crippen LogP) is -0.807. The average molecular weight is 237 g/mol. The number of carbonyl (C=O) groups is 2. The maximum absolute atomic E-state index is 11.7. The maximum Gasteiger partial charge on any atom is 0.242 e. The van der Waals surface area contributed by atoms with E-state index >= 15 is 0 Å². The summed E-state index contributed by atoms with van der Waals surface area (Å²) in [5, 5.41) is 13.0. The number of hydrogen-bond acceptors (Lipinski definition) is 4. The molecule has 0 unspecified atom stereocenters. The summed E-state index contributed by atoms with van der Waals surface area (Å²) in [6.07, 6.45) is 2.60. The smallest absolute Gasteiger partial charge is 0.242 e. The molecule has 1 aliphatic heterocycles. The number of hydrogen-bond donors (Lipinski definition) is 2. The normalized spacial score (nSPS) is 19.1. The summed E-state index contributed by atoms with van der Waals surface area (Å²) in [5.41, 5.74) is 0. The fourth-order valence-corrected chi connectivity index (χ4v) is 1.78. The van der Waals surface area contributed by atoms with Crippen molar-refractivity contribution < 1.29 is 9.59 Å². The summed E-state index contributed by atoms with van der Waals surface area (Å²) in [4.78, 5) is 22.7. The van der Waals surface area contributed by atoms with E-state index < -0.39 is 6.04 Å². The molecule has 0 aromatic carbocycles. The molecular weight excluding hydrogens is 222 g/mol. The molecule has 1 aromatic heterocycles. The summed E-state index contributed by atoms with van der Waals surface area (Å²) in [5.74, 6) is 0.480. The van der Waals surface area contributed by atoms with Crippen molar-refractivity contribution in [3.8, 4) is 0 Å². The average Bonchev–Trinajstić information content (AvgIpc) is 2.94. The Bertz CT molecular complexity index is 428. The van der Waals surface area contributed by atoms with Crippen molar-refractivity contribution in [2.45, 2.75) is 38.9 Å². The van der Waals surface area contributed by atoms with Gasteiger partial charge in [-0.1, -0.05) is 0 Å². The zero-order valence-electron chi connectivity index (χ0n) is 9.64. The van der Waals surface area contributed by atoms with Gasteiger partial charge in [0.1, 0.15) is 12.4 Å². The number of nitrogens with one attached hydrogen (secondary N) is 2. The molecule has 0 spiro atoms. The summed E-state index contributed by atoms with van der Waals surface area (Å²) < 4.78 is 1.85. The minimum absolute atomic E-state index is 0.0677. The molecule has 1 saturated heterocycles. The van der Waals surface area contributed by atoms with Gasteiger partial charge < -0.3 is 15.2 Å². The summed E-state index contributed by atoms with van der Waals surface area (Å²) >= 11 is 0. The second-order valence-corrected chi connectivity index (χ2v) is 3.91. The Kier molecular flexibility index (Phi) is 3.36. The molecule has 2 N–H and O–H groups in total. The zero-order valence-corrected chi connectivity index (χ0v) is 9.64. The van der Waals surface area contributed by atoms with E-state index in [1.54, 1.807) is 6.33 Å². The first kappa shape index (κ1) is 11.6. The van der Waals surface area contributed by atoms with Crippen LogP contribution in [0.2, 0.25) is 0 Å². The summed E-state index contributed by atoms with van der Waals surface area (Å²) in [6, 6.07) is -0.402. The molecule has 0 bridgehead atoms. The maximum atomic E-state index is 11.7. The first-order valence-electron chi connectivity index (χ1n) is 5.64. The Morgan fingerprint density at radius 2 is 2.53 bits per heavy atom. The molecule has 7 heteroatoms. The van der Waals surface area contributed by atoms with Crippen molar-refractivity contribution in [2.24, 2.45) is 0 Å². The number of amides is 2. The van der Waals surface area contributed by atoms with Crippen LogP contribution in [0.5, 0.6) is 0 Å². The van der Waals surface area contributed by atoms with E-state index in [4.69, 9.17) is 0 Å². The number of aryl methyl sites for hydroxylation is 1. The number of carbonyl (C=O) groups excluding carboxylic acids is 2. The van der Waals surface area contributed by atoms with E-state index in [1.807, 2.05) is 11.5 Å². The quantitative estimate of drug-likeness (QED) is 0.717. The molecule has 1 atom stereocenters. The van der Waals surface area contributed by atoms with Gasteiger partial charge >= 0.3 is 0 Å². The minimum Gasteiger partial charge on any atom is -0.347 e. The van der Waals surface area contributed by atoms with E-state index in [0.717, 1.165) is 6.54 Å².